The van der Waals surface area contributed by atoms with Gasteiger partial charge in [0.2, 0.25) is 0 Å². The fourth-order valence-corrected chi connectivity index (χ4v) is 2.94. The van der Waals surface area contributed by atoms with Crippen LogP contribution in [0.15, 0.2) is 35.5 Å². The van der Waals surface area contributed by atoms with E-state index in [2.05, 4.69) is 10.6 Å². The number of carbonyl (C=O) groups is 2. The second-order valence-corrected chi connectivity index (χ2v) is 6.28. The Morgan fingerprint density at radius 2 is 1.78 bits per heavy atom. The van der Waals surface area contributed by atoms with Crippen LogP contribution >= 0.6 is 12.2 Å². The number of carbonyl (C=O) groups excluding carboxylic acids is 2. The lowest BCUT2D eigenvalue weighted by atomic mass is 9.95. The normalized spacial score (nSPS) is 17.5. The highest BCUT2D eigenvalue weighted by molar-refractivity contribution is 7.80. The summed E-state index contributed by atoms with van der Waals surface area (Å²) in [7, 11) is 0. The predicted octanol–water partition coefficient (Wildman–Crippen LogP) is 2.37. The molecule has 0 bridgehead atoms. The van der Waals surface area contributed by atoms with Crippen LogP contribution in [0.25, 0.3) is 0 Å². The van der Waals surface area contributed by atoms with E-state index in [1.54, 1.807) is 39.8 Å². The zero-order valence-electron chi connectivity index (χ0n) is 15.8. The van der Waals surface area contributed by atoms with Crippen molar-refractivity contribution in [1.82, 2.24) is 10.6 Å². The van der Waals surface area contributed by atoms with E-state index in [0.717, 1.165) is 5.56 Å². The number of ether oxygens (including phenoxy) is 3. The molecule has 2 atom stereocenters. The van der Waals surface area contributed by atoms with Crippen molar-refractivity contribution in [3.63, 3.8) is 0 Å². The molecular weight excluding hydrogens is 368 g/mol. The molecule has 1 heterocycles. The lowest BCUT2D eigenvalue weighted by molar-refractivity contribution is -0.150. The van der Waals surface area contributed by atoms with Crippen molar-refractivity contribution in [1.29, 1.82) is 0 Å². The number of benzene rings is 1. The van der Waals surface area contributed by atoms with Crippen LogP contribution in [-0.4, -0.2) is 36.4 Å². The molecule has 1 aliphatic rings. The Kier molecular flexibility index (Phi) is 7.18. The monoisotopic (exact) mass is 392 g/mol. The molecule has 1 aromatic rings. The molecule has 0 saturated carbocycles. The summed E-state index contributed by atoms with van der Waals surface area (Å²) in [6.07, 6.45) is -0.711. The highest BCUT2D eigenvalue weighted by atomic mass is 32.1. The number of esters is 2. The van der Waals surface area contributed by atoms with Gasteiger partial charge in [-0.25, -0.2) is 9.59 Å². The molecular formula is C19H24N2O5S. The average molecular weight is 392 g/mol. The quantitative estimate of drug-likeness (QED) is 0.540. The van der Waals surface area contributed by atoms with E-state index in [0.29, 0.717) is 28.7 Å². The fraction of sp³-hybridized carbons (Fsp3) is 0.421. The zero-order valence-corrected chi connectivity index (χ0v) is 16.6. The molecule has 2 rings (SSSR count). The molecule has 0 radical (unpaired) electrons. The molecule has 7 nitrogen and oxygen atoms in total. The third-order valence-electron chi connectivity index (χ3n) is 3.91. The van der Waals surface area contributed by atoms with Crippen LogP contribution in [-0.2, 0) is 19.1 Å². The van der Waals surface area contributed by atoms with Gasteiger partial charge in [-0.1, -0.05) is 12.1 Å². The van der Waals surface area contributed by atoms with Crippen LogP contribution < -0.4 is 15.4 Å². The standard InChI is InChI=1S/C19H24N2O5S/c1-5-24-17(22)12(4)26-14-9-7-13(8-10-14)16-15(18(23)25-6-2)11(3)20-19(27)21-16/h7-10,12,16H,5-6H2,1-4H3,(H2,20,21,27)/t12-,16+/m0/s1. The molecule has 2 N–H and O–H groups in total. The van der Waals surface area contributed by atoms with Gasteiger partial charge in [-0.3, -0.25) is 0 Å². The molecule has 0 spiro atoms. The molecule has 0 aliphatic carbocycles. The third kappa shape index (κ3) is 5.19. The largest absolute Gasteiger partial charge is 0.479 e. The van der Waals surface area contributed by atoms with Crippen LogP contribution in [0.5, 0.6) is 5.75 Å². The lowest BCUT2D eigenvalue weighted by Gasteiger charge is -2.30. The van der Waals surface area contributed by atoms with Crippen molar-refractivity contribution >= 4 is 29.3 Å². The van der Waals surface area contributed by atoms with Gasteiger partial charge in [0.05, 0.1) is 24.8 Å². The minimum atomic E-state index is -0.711. The van der Waals surface area contributed by atoms with Gasteiger partial charge in [0, 0.05) is 5.70 Å². The van der Waals surface area contributed by atoms with E-state index in [-0.39, 0.29) is 6.61 Å². The first-order chi connectivity index (χ1) is 12.9. The zero-order chi connectivity index (χ0) is 20.0. The van der Waals surface area contributed by atoms with E-state index < -0.39 is 24.1 Å². The van der Waals surface area contributed by atoms with Gasteiger partial charge in [-0.05, 0) is 57.6 Å². The predicted molar refractivity (Wildman–Crippen MR) is 104 cm³/mol. The number of nitrogens with one attached hydrogen (secondary N) is 2. The number of allylic oxidation sites excluding steroid dienone is 1. The first-order valence-corrected chi connectivity index (χ1v) is 9.16. The summed E-state index contributed by atoms with van der Waals surface area (Å²) in [4.78, 5) is 24.0. The van der Waals surface area contributed by atoms with Crippen LogP contribution in [0.3, 0.4) is 0 Å². The van der Waals surface area contributed by atoms with Gasteiger partial charge in [0.1, 0.15) is 5.75 Å². The summed E-state index contributed by atoms with van der Waals surface area (Å²) in [5.74, 6) is -0.303. The summed E-state index contributed by atoms with van der Waals surface area (Å²) >= 11 is 5.22. The van der Waals surface area contributed by atoms with Gasteiger partial charge in [-0.15, -0.1) is 0 Å². The van der Waals surface area contributed by atoms with Crippen LogP contribution in [0, 0.1) is 0 Å². The van der Waals surface area contributed by atoms with Gasteiger partial charge in [-0.2, -0.15) is 0 Å². The van der Waals surface area contributed by atoms with E-state index in [1.165, 1.54) is 0 Å². The Morgan fingerprint density at radius 1 is 1.15 bits per heavy atom. The molecule has 0 saturated heterocycles. The Morgan fingerprint density at radius 3 is 2.37 bits per heavy atom. The molecule has 1 aliphatic heterocycles. The molecule has 0 aromatic heterocycles. The third-order valence-corrected chi connectivity index (χ3v) is 4.13. The van der Waals surface area contributed by atoms with Crippen molar-refractivity contribution < 1.29 is 23.8 Å². The molecule has 0 unspecified atom stereocenters. The van der Waals surface area contributed by atoms with Gasteiger partial charge >= 0.3 is 11.9 Å². The van der Waals surface area contributed by atoms with E-state index >= 15 is 0 Å². The number of hydrogen-bond donors (Lipinski definition) is 2. The number of rotatable bonds is 7. The van der Waals surface area contributed by atoms with E-state index in [1.807, 2.05) is 12.1 Å². The molecule has 1 aromatic carbocycles. The summed E-state index contributed by atoms with van der Waals surface area (Å²) in [5, 5.41) is 6.48. The average Bonchev–Trinajstić information content (AvgIpc) is 2.62. The summed E-state index contributed by atoms with van der Waals surface area (Å²) < 4.78 is 15.7. The maximum Gasteiger partial charge on any atom is 0.347 e. The number of hydrogen-bond acceptors (Lipinski definition) is 6. The summed E-state index contributed by atoms with van der Waals surface area (Å²) in [5.41, 5.74) is 1.94. The molecule has 27 heavy (non-hydrogen) atoms. The Bertz CT molecular complexity index is 745. The van der Waals surface area contributed by atoms with E-state index in [4.69, 9.17) is 26.4 Å². The van der Waals surface area contributed by atoms with Gasteiger partial charge in [0.15, 0.2) is 11.2 Å². The highest BCUT2D eigenvalue weighted by Gasteiger charge is 2.30. The Labute approximate surface area is 164 Å². The van der Waals surface area contributed by atoms with Crippen molar-refractivity contribution in [2.24, 2.45) is 0 Å². The molecule has 146 valence electrons. The minimum Gasteiger partial charge on any atom is -0.479 e. The van der Waals surface area contributed by atoms with Crippen molar-refractivity contribution in [2.45, 2.75) is 39.8 Å². The minimum absolute atomic E-state index is 0.283. The molecule has 0 fully saturated rings. The first-order valence-electron chi connectivity index (χ1n) is 8.76. The Balaban J connectivity index is 2.21. The summed E-state index contributed by atoms with van der Waals surface area (Å²) in [6.45, 7) is 7.50. The second kappa shape index (κ2) is 9.36. The van der Waals surface area contributed by atoms with Crippen LogP contribution in [0.2, 0.25) is 0 Å². The molecule has 8 heteroatoms. The smallest absolute Gasteiger partial charge is 0.347 e. The van der Waals surface area contributed by atoms with Crippen molar-refractivity contribution in [3.8, 4) is 5.75 Å². The SMILES string of the molecule is CCOC(=O)C1=C(C)NC(=S)N[C@@H]1c1ccc(O[C@@H](C)C(=O)OCC)cc1. The Hall–Kier alpha value is -2.61. The first kappa shape index (κ1) is 20.7. The highest BCUT2D eigenvalue weighted by Crippen LogP contribution is 2.29. The van der Waals surface area contributed by atoms with Crippen molar-refractivity contribution in [3.05, 3.63) is 41.1 Å². The summed E-state index contributed by atoms with van der Waals surface area (Å²) in [6, 6.07) is 6.65. The van der Waals surface area contributed by atoms with E-state index in [9.17, 15) is 9.59 Å². The van der Waals surface area contributed by atoms with Gasteiger partial charge in [0.25, 0.3) is 0 Å². The maximum atomic E-state index is 12.4. The lowest BCUT2D eigenvalue weighted by Crippen LogP contribution is -2.45. The fourth-order valence-electron chi connectivity index (χ4n) is 2.67. The second-order valence-electron chi connectivity index (χ2n) is 5.87. The topological polar surface area (TPSA) is 85.9 Å². The van der Waals surface area contributed by atoms with Crippen LogP contribution in [0.1, 0.15) is 39.3 Å². The van der Waals surface area contributed by atoms with Crippen LogP contribution in [0.4, 0.5) is 0 Å². The maximum absolute atomic E-state index is 12.4. The number of thiocarbonyl (C=S) groups is 1. The molecule has 0 amide bonds. The van der Waals surface area contributed by atoms with Crippen molar-refractivity contribution in [2.75, 3.05) is 13.2 Å². The van der Waals surface area contributed by atoms with Gasteiger partial charge < -0.3 is 24.8 Å².